The minimum Gasteiger partial charge on any atom is -0.399 e. The zero-order chi connectivity index (χ0) is 14.2. The maximum atomic E-state index is 5.90. The first-order valence-corrected chi connectivity index (χ1v) is 8.07. The molecule has 0 aliphatic heterocycles. The second kappa shape index (κ2) is 5.01. The molecule has 0 bridgehead atoms. The standard InChI is InChI=1S/C18H16N2S/c19-14-8-3-7-13(11-14)18-20-17-15-9-2-1-5-12(15)6-4-10-16(17)21-18/h1-3,5,7-9,11H,4,6,10,19H2. The molecule has 3 heteroatoms. The number of nitrogens with two attached hydrogens (primary N) is 1. The highest BCUT2D eigenvalue weighted by molar-refractivity contribution is 7.15. The third kappa shape index (κ3) is 2.24. The zero-order valence-electron chi connectivity index (χ0n) is 11.7. The molecule has 0 radical (unpaired) electrons. The number of aromatic nitrogens is 1. The minimum atomic E-state index is 0.790. The van der Waals surface area contributed by atoms with E-state index in [1.807, 2.05) is 29.5 Å². The number of thiazole rings is 1. The van der Waals surface area contributed by atoms with Crippen LogP contribution in [0.25, 0.3) is 21.8 Å². The van der Waals surface area contributed by atoms with Crippen LogP contribution in [0.2, 0.25) is 0 Å². The fourth-order valence-electron chi connectivity index (χ4n) is 2.94. The summed E-state index contributed by atoms with van der Waals surface area (Å²) < 4.78 is 0. The van der Waals surface area contributed by atoms with Crippen LogP contribution < -0.4 is 5.73 Å². The van der Waals surface area contributed by atoms with Gasteiger partial charge in [0.25, 0.3) is 0 Å². The van der Waals surface area contributed by atoms with Crippen LogP contribution in [0.3, 0.4) is 0 Å². The number of rotatable bonds is 1. The number of nitrogen functional groups attached to an aromatic ring is 1. The van der Waals surface area contributed by atoms with Crippen LogP contribution in [-0.4, -0.2) is 4.98 Å². The highest BCUT2D eigenvalue weighted by atomic mass is 32.1. The quantitative estimate of drug-likeness (QED) is 0.668. The van der Waals surface area contributed by atoms with Crippen LogP contribution >= 0.6 is 11.3 Å². The SMILES string of the molecule is Nc1cccc(-c2nc3c(s2)CCCc2ccccc2-3)c1. The van der Waals surface area contributed by atoms with Gasteiger partial charge in [-0.2, -0.15) is 0 Å². The Bertz CT molecular complexity index is 804. The van der Waals surface area contributed by atoms with E-state index in [0.717, 1.165) is 29.1 Å². The number of hydrogen-bond acceptors (Lipinski definition) is 3. The van der Waals surface area contributed by atoms with Gasteiger partial charge in [0.2, 0.25) is 0 Å². The van der Waals surface area contributed by atoms with Crippen molar-refractivity contribution in [2.45, 2.75) is 19.3 Å². The van der Waals surface area contributed by atoms with Gasteiger partial charge in [-0.15, -0.1) is 11.3 Å². The van der Waals surface area contributed by atoms with Crippen molar-refractivity contribution in [1.29, 1.82) is 0 Å². The van der Waals surface area contributed by atoms with E-state index >= 15 is 0 Å². The Kier molecular flexibility index (Phi) is 3.00. The van der Waals surface area contributed by atoms with Crippen LogP contribution in [0.5, 0.6) is 0 Å². The molecule has 2 aromatic carbocycles. The summed E-state index contributed by atoms with van der Waals surface area (Å²) in [5.74, 6) is 0. The fourth-order valence-corrected chi connectivity index (χ4v) is 4.05. The molecule has 4 rings (SSSR count). The first kappa shape index (κ1) is 12.6. The Balaban J connectivity index is 1.87. The Morgan fingerprint density at radius 2 is 1.90 bits per heavy atom. The molecule has 0 spiro atoms. The van der Waals surface area contributed by atoms with Crippen molar-refractivity contribution < 1.29 is 0 Å². The number of nitrogens with zero attached hydrogens (tertiary/aromatic N) is 1. The Morgan fingerprint density at radius 3 is 2.81 bits per heavy atom. The number of anilines is 1. The lowest BCUT2D eigenvalue weighted by Crippen LogP contribution is -1.88. The normalized spacial score (nSPS) is 13.3. The van der Waals surface area contributed by atoms with Gasteiger partial charge < -0.3 is 5.73 Å². The summed E-state index contributed by atoms with van der Waals surface area (Å²) in [5.41, 5.74) is 11.7. The summed E-state index contributed by atoms with van der Waals surface area (Å²) in [7, 11) is 0. The van der Waals surface area contributed by atoms with Crippen LogP contribution in [0.4, 0.5) is 5.69 Å². The van der Waals surface area contributed by atoms with Crippen molar-refractivity contribution in [3.05, 3.63) is 59.0 Å². The molecule has 0 saturated carbocycles. The van der Waals surface area contributed by atoms with Gasteiger partial charge in [-0.25, -0.2) is 4.98 Å². The number of hydrogen-bond donors (Lipinski definition) is 1. The molecule has 1 aliphatic carbocycles. The summed E-state index contributed by atoms with van der Waals surface area (Å²) in [5, 5.41) is 1.07. The zero-order valence-corrected chi connectivity index (χ0v) is 12.5. The van der Waals surface area contributed by atoms with Gasteiger partial charge in [0, 0.05) is 21.7 Å². The molecule has 1 aliphatic rings. The third-order valence-electron chi connectivity index (χ3n) is 3.95. The third-order valence-corrected chi connectivity index (χ3v) is 5.12. The second-order valence-corrected chi connectivity index (χ2v) is 6.51. The molecule has 1 heterocycles. The molecule has 21 heavy (non-hydrogen) atoms. The first-order valence-electron chi connectivity index (χ1n) is 7.25. The molecule has 0 fully saturated rings. The van der Waals surface area contributed by atoms with Gasteiger partial charge in [-0.3, -0.25) is 0 Å². The summed E-state index contributed by atoms with van der Waals surface area (Å²) in [6.07, 6.45) is 3.46. The molecular weight excluding hydrogens is 276 g/mol. The Morgan fingerprint density at radius 1 is 1.00 bits per heavy atom. The maximum Gasteiger partial charge on any atom is 0.124 e. The van der Waals surface area contributed by atoms with E-state index in [2.05, 4.69) is 30.3 Å². The predicted octanol–water partition coefficient (Wildman–Crippen LogP) is 4.55. The van der Waals surface area contributed by atoms with E-state index < -0.39 is 0 Å². The van der Waals surface area contributed by atoms with Crippen LogP contribution in [0.1, 0.15) is 16.9 Å². The van der Waals surface area contributed by atoms with Crippen molar-refractivity contribution in [2.24, 2.45) is 0 Å². The first-order chi connectivity index (χ1) is 10.3. The van der Waals surface area contributed by atoms with Crippen molar-refractivity contribution in [2.75, 3.05) is 5.73 Å². The highest BCUT2D eigenvalue weighted by Crippen LogP contribution is 2.38. The van der Waals surface area contributed by atoms with Crippen LogP contribution in [0, 0.1) is 0 Å². The summed E-state index contributed by atoms with van der Waals surface area (Å²) in [6.45, 7) is 0. The average Bonchev–Trinajstić information content (AvgIpc) is 2.84. The molecule has 0 unspecified atom stereocenters. The average molecular weight is 292 g/mol. The minimum absolute atomic E-state index is 0.790. The number of aryl methyl sites for hydroxylation is 2. The van der Waals surface area contributed by atoms with E-state index in [0.29, 0.717) is 0 Å². The van der Waals surface area contributed by atoms with Gasteiger partial charge >= 0.3 is 0 Å². The maximum absolute atomic E-state index is 5.90. The predicted molar refractivity (Wildman–Crippen MR) is 89.4 cm³/mol. The monoisotopic (exact) mass is 292 g/mol. The molecular formula is C18H16N2S. The van der Waals surface area contributed by atoms with Crippen molar-refractivity contribution >= 4 is 17.0 Å². The van der Waals surface area contributed by atoms with Crippen LogP contribution in [-0.2, 0) is 12.8 Å². The Hall–Kier alpha value is -2.13. The number of fused-ring (bicyclic) bond motifs is 3. The topological polar surface area (TPSA) is 38.9 Å². The van der Waals surface area contributed by atoms with Crippen molar-refractivity contribution in [3.63, 3.8) is 0 Å². The molecule has 1 aromatic heterocycles. The molecule has 2 nitrogen and oxygen atoms in total. The molecule has 0 saturated heterocycles. The highest BCUT2D eigenvalue weighted by Gasteiger charge is 2.19. The number of benzene rings is 2. The molecule has 2 N–H and O–H groups in total. The largest absolute Gasteiger partial charge is 0.399 e. The summed E-state index contributed by atoms with van der Waals surface area (Å²) >= 11 is 1.81. The van der Waals surface area contributed by atoms with E-state index in [9.17, 15) is 0 Å². The van der Waals surface area contributed by atoms with Gasteiger partial charge in [0.05, 0.1) is 5.69 Å². The van der Waals surface area contributed by atoms with E-state index in [1.54, 1.807) is 0 Å². The molecule has 0 amide bonds. The van der Waals surface area contributed by atoms with Gasteiger partial charge in [0.15, 0.2) is 0 Å². The lowest BCUT2D eigenvalue weighted by molar-refractivity contribution is 0.843. The van der Waals surface area contributed by atoms with Crippen molar-refractivity contribution in [3.8, 4) is 21.8 Å². The molecule has 0 atom stereocenters. The molecule has 3 aromatic rings. The van der Waals surface area contributed by atoms with E-state index in [-0.39, 0.29) is 0 Å². The lowest BCUT2D eigenvalue weighted by atomic mass is 10.0. The van der Waals surface area contributed by atoms with Crippen molar-refractivity contribution in [1.82, 2.24) is 4.98 Å². The second-order valence-electron chi connectivity index (χ2n) is 5.43. The van der Waals surface area contributed by atoms with E-state index in [1.165, 1.54) is 28.1 Å². The van der Waals surface area contributed by atoms with Gasteiger partial charge in [0.1, 0.15) is 5.01 Å². The smallest absolute Gasteiger partial charge is 0.124 e. The summed E-state index contributed by atoms with van der Waals surface area (Å²) in [4.78, 5) is 6.33. The van der Waals surface area contributed by atoms with Crippen LogP contribution in [0.15, 0.2) is 48.5 Å². The lowest BCUT2D eigenvalue weighted by Gasteiger charge is -2.04. The van der Waals surface area contributed by atoms with Gasteiger partial charge in [-0.1, -0.05) is 36.4 Å². The van der Waals surface area contributed by atoms with Gasteiger partial charge in [-0.05, 0) is 37.0 Å². The summed E-state index contributed by atoms with van der Waals surface area (Å²) in [6, 6.07) is 16.6. The molecule has 104 valence electrons. The Labute approximate surface area is 128 Å². The fraction of sp³-hybridized carbons (Fsp3) is 0.167. The van der Waals surface area contributed by atoms with E-state index in [4.69, 9.17) is 10.7 Å².